The predicted molar refractivity (Wildman–Crippen MR) is 77.6 cm³/mol. The van der Waals surface area contributed by atoms with Crippen molar-refractivity contribution in [2.24, 2.45) is 0 Å². The quantitative estimate of drug-likeness (QED) is 0.601. The molecule has 0 fully saturated rings. The molecule has 4 nitrogen and oxygen atoms in total. The van der Waals surface area contributed by atoms with Crippen molar-refractivity contribution in [3.05, 3.63) is 0 Å². The molecule has 0 aromatic rings. The van der Waals surface area contributed by atoms with E-state index in [0.717, 1.165) is 38.9 Å². The first-order valence-electron chi connectivity index (χ1n) is 6.87. The molecule has 1 unspecified atom stereocenters. The Morgan fingerprint density at radius 1 is 1.06 bits per heavy atom. The van der Waals surface area contributed by atoms with Gasteiger partial charge in [-0.3, -0.25) is 0 Å². The summed E-state index contributed by atoms with van der Waals surface area (Å²) in [4.78, 5) is 4.60. The first kappa shape index (κ1) is 17.4. The van der Waals surface area contributed by atoms with Crippen LogP contribution in [0.2, 0.25) is 0 Å². The van der Waals surface area contributed by atoms with E-state index in [1.165, 1.54) is 6.42 Å². The van der Waals surface area contributed by atoms with Gasteiger partial charge in [0, 0.05) is 0 Å². The zero-order chi connectivity index (χ0) is 14.0. The molecule has 0 aromatic carbocycles. The van der Waals surface area contributed by atoms with Crippen LogP contribution in [0.15, 0.2) is 0 Å². The maximum Gasteiger partial charge on any atom is 0.103 e. The first-order chi connectivity index (χ1) is 8.43. The lowest BCUT2D eigenvalue weighted by molar-refractivity contribution is 0.290. The molecule has 0 aliphatic rings. The standard InChI is InChI=1S/C14H30N4/c1-14(13-15,16-2)9-6-7-11-18(5)12-8-10-17(3)4/h16H,6-12H2,1-5H3. The summed E-state index contributed by atoms with van der Waals surface area (Å²) in [6.07, 6.45) is 4.40. The van der Waals surface area contributed by atoms with Crippen LogP contribution < -0.4 is 5.32 Å². The second kappa shape index (κ2) is 9.32. The predicted octanol–water partition coefficient (Wildman–Crippen LogP) is 1.54. The van der Waals surface area contributed by atoms with E-state index in [1.807, 2.05) is 14.0 Å². The van der Waals surface area contributed by atoms with E-state index < -0.39 is 0 Å². The number of unbranched alkanes of at least 4 members (excludes halogenated alkanes) is 1. The van der Waals surface area contributed by atoms with Gasteiger partial charge in [0.2, 0.25) is 0 Å². The Balaban J connectivity index is 3.57. The van der Waals surface area contributed by atoms with E-state index in [2.05, 4.69) is 42.3 Å². The molecule has 0 saturated heterocycles. The topological polar surface area (TPSA) is 42.3 Å². The van der Waals surface area contributed by atoms with Gasteiger partial charge >= 0.3 is 0 Å². The maximum absolute atomic E-state index is 9.03. The van der Waals surface area contributed by atoms with Crippen molar-refractivity contribution in [2.45, 2.75) is 38.1 Å². The first-order valence-corrected chi connectivity index (χ1v) is 6.87. The van der Waals surface area contributed by atoms with E-state index in [0.29, 0.717) is 0 Å². The fraction of sp³-hybridized carbons (Fsp3) is 0.929. The average Bonchev–Trinajstić information content (AvgIpc) is 2.34. The fourth-order valence-corrected chi connectivity index (χ4v) is 1.87. The molecule has 0 aromatic heterocycles. The van der Waals surface area contributed by atoms with E-state index >= 15 is 0 Å². The smallest absolute Gasteiger partial charge is 0.103 e. The largest absolute Gasteiger partial charge is 0.309 e. The molecule has 0 aliphatic carbocycles. The molecular weight excluding hydrogens is 224 g/mol. The van der Waals surface area contributed by atoms with Crippen molar-refractivity contribution in [2.75, 3.05) is 47.8 Å². The van der Waals surface area contributed by atoms with Gasteiger partial charge in [-0.2, -0.15) is 5.26 Å². The number of hydrogen-bond donors (Lipinski definition) is 1. The van der Waals surface area contributed by atoms with E-state index in [-0.39, 0.29) is 5.54 Å². The van der Waals surface area contributed by atoms with Gasteiger partial charge in [-0.1, -0.05) is 0 Å². The molecule has 0 heterocycles. The lowest BCUT2D eigenvalue weighted by atomic mass is 9.97. The van der Waals surface area contributed by atoms with Crippen molar-refractivity contribution in [1.82, 2.24) is 15.1 Å². The number of hydrogen-bond acceptors (Lipinski definition) is 4. The highest BCUT2D eigenvalue weighted by Gasteiger charge is 2.19. The van der Waals surface area contributed by atoms with Gasteiger partial charge < -0.3 is 15.1 Å². The number of nitrogens with one attached hydrogen (secondary N) is 1. The van der Waals surface area contributed by atoms with Gasteiger partial charge in [0.15, 0.2) is 0 Å². The molecule has 0 radical (unpaired) electrons. The van der Waals surface area contributed by atoms with Crippen LogP contribution >= 0.6 is 0 Å². The van der Waals surface area contributed by atoms with Gasteiger partial charge in [-0.15, -0.1) is 0 Å². The molecular formula is C14H30N4. The van der Waals surface area contributed by atoms with Crippen LogP contribution in [0.3, 0.4) is 0 Å². The Kier molecular flexibility index (Phi) is 8.99. The van der Waals surface area contributed by atoms with Gasteiger partial charge in [-0.05, 0) is 80.4 Å². The van der Waals surface area contributed by atoms with Crippen LogP contribution in [0.1, 0.15) is 32.6 Å². The molecule has 18 heavy (non-hydrogen) atoms. The van der Waals surface area contributed by atoms with Crippen LogP contribution in [-0.2, 0) is 0 Å². The van der Waals surface area contributed by atoms with Crippen molar-refractivity contribution >= 4 is 0 Å². The minimum atomic E-state index is -0.358. The lowest BCUT2D eigenvalue weighted by Gasteiger charge is -2.22. The summed E-state index contributed by atoms with van der Waals surface area (Å²) in [6, 6.07) is 2.33. The Morgan fingerprint density at radius 2 is 1.67 bits per heavy atom. The fourth-order valence-electron chi connectivity index (χ4n) is 1.87. The van der Waals surface area contributed by atoms with Crippen LogP contribution in [0.4, 0.5) is 0 Å². The highest BCUT2D eigenvalue weighted by molar-refractivity contribution is 5.02. The van der Waals surface area contributed by atoms with Crippen molar-refractivity contribution in [1.29, 1.82) is 5.26 Å². The number of nitrogens with zero attached hydrogens (tertiary/aromatic N) is 3. The summed E-state index contributed by atoms with van der Waals surface area (Å²) in [6.45, 7) is 5.39. The zero-order valence-electron chi connectivity index (χ0n) is 12.8. The molecule has 4 heteroatoms. The highest BCUT2D eigenvalue weighted by Crippen LogP contribution is 2.12. The van der Waals surface area contributed by atoms with E-state index in [4.69, 9.17) is 5.26 Å². The Labute approximate surface area is 113 Å². The molecule has 1 atom stereocenters. The van der Waals surface area contributed by atoms with Gasteiger partial charge in [0.05, 0.1) is 6.07 Å². The molecule has 106 valence electrons. The Bertz CT molecular complexity index is 247. The summed E-state index contributed by atoms with van der Waals surface area (Å²) in [7, 11) is 8.26. The third-order valence-electron chi connectivity index (χ3n) is 3.41. The summed E-state index contributed by atoms with van der Waals surface area (Å²) in [5.74, 6) is 0. The van der Waals surface area contributed by atoms with Crippen LogP contribution in [0.5, 0.6) is 0 Å². The SMILES string of the molecule is CNC(C)(C#N)CCCCN(C)CCCN(C)C. The van der Waals surface area contributed by atoms with E-state index in [9.17, 15) is 0 Å². The normalized spacial score (nSPS) is 14.8. The van der Waals surface area contributed by atoms with Gasteiger partial charge in [0.25, 0.3) is 0 Å². The third-order valence-corrected chi connectivity index (χ3v) is 3.41. The molecule has 0 aliphatic heterocycles. The van der Waals surface area contributed by atoms with Crippen LogP contribution in [-0.4, -0.2) is 63.2 Å². The van der Waals surface area contributed by atoms with Crippen LogP contribution in [0.25, 0.3) is 0 Å². The van der Waals surface area contributed by atoms with Crippen LogP contribution in [0, 0.1) is 11.3 Å². The number of rotatable bonds is 10. The molecule has 0 saturated carbocycles. The molecule has 0 amide bonds. The highest BCUT2D eigenvalue weighted by atomic mass is 15.1. The van der Waals surface area contributed by atoms with Gasteiger partial charge in [-0.25, -0.2) is 0 Å². The monoisotopic (exact) mass is 254 g/mol. The zero-order valence-corrected chi connectivity index (χ0v) is 12.8. The van der Waals surface area contributed by atoms with Crippen molar-refractivity contribution < 1.29 is 0 Å². The molecule has 1 N–H and O–H groups in total. The molecule has 0 bridgehead atoms. The van der Waals surface area contributed by atoms with E-state index in [1.54, 1.807) is 0 Å². The summed E-state index contributed by atoms with van der Waals surface area (Å²) in [5.41, 5.74) is -0.358. The van der Waals surface area contributed by atoms with Gasteiger partial charge in [0.1, 0.15) is 5.54 Å². The summed E-state index contributed by atoms with van der Waals surface area (Å²) >= 11 is 0. The Hall–Kier alpha value is -0.630. The minimum absolute atomic E-state index is 0.358. The summed E-state index contributed by atoms with van der Waals surface area (Å²) in [5, 5.41) is 12.1. The maximum atomic E-state index is 9.03. The average molecular weight is 254 g/mol. The Morgan fingerprint density at radius 3 is 2.17 bits per heavy atom. The molecule has 0 rings (SSSR count). The second-order valence-electron chi connectivity index (χ2n) is 5.61. The summed E-state index contributed by atoms with van der Waals surface area (Å²) < 4.78 is 0. The second-order valence-corrected chi connectivity index (χ2v) is 5.61. The third kappa shape index (κ3) is 8.46. The van der Waals surface area contributed by atoms with Crippen molar-refractivity contribution in [3.63, 3.8) is 0 Å². The van der Waals surface area contributed by atoms with Crippen molar-refractivity contribution in [3.8, 4) is 6.07 Å². The minimum Gasteiger partial charge on any atom is -0.309 e. The number of nitriles is 1. The molecule has 0 spiro atoms. The lowest BCUT2D eigenvalue weighted by Crippen LogP contribution is -2.38.